The van der Waals surface area contributed by atoms with Crippen LogP contribution < -0.4 is 5.46 Å². The first kappa shape index (κ1) is 15.4. The van der Waals surface area contributed by atoms with Crippen LogP contribution in [-0.2, 0) is 14.9 Å². The number of hydrogen-bond donors (Lipinski definition) is 1. The standard InChI is InChI=1S/C14H21BFNO3/c1-12(2,18)9-7-10(11(16)17-8-9)15-19-13(3,4)14(5,6)20-15/h7-8,18H,1-6H3. The molecular weight excluding hydrogens is 260 g/mol. The van der Waals surface area contributed by atoms with Crippen LogP contribution in [0.5, 0.6) is 0 Å². The first-order valence-corrected chi connectivity index (χ1v) is 6.68. The van der Waals surface area contributed by atoms with Crippen LogP contribution in [0.3, 0.4) is 0 Å². The third kappa shape index (κ3) is 2.60. The van der Waals surface area contributed by atoms with Crippen LogP contribution >= 0.6 is 0 Å². The average Bonchev–Trinajstić information content (AvgIpc) is 2.46. The summed E-state index contributed by atoms with van der Waals surface area (Å²) in [4.78, 5) is 3.70. The fourth-order valence-corrected chi connectivity index (χ4v) is 1.93. The quantitative estimate of drug-likeness (QED) is 0.663. The molecule has 20 heavy (non-hydrogen) atoms. The Bertz CT molecular complexity index is 510. The summed E-state index contributed by atoms with van der Waals surface area (Å²) in [5.74, 6) is -0.642. The fraction of sp³-hybridized carbons (Fsp3) is 0.643. The molecule has 1 aromatic heterocycles. The predicted molar refractivity (Wildman–Crippen MR) is 75.2 cm³/mol. The summed E-state index contributed by atoms with van der Waals surface area (Å²) in [6, 6.07) is 1.55. The van der Waals surface area contributed by atoms with Crippen molar-refractivity contribution in [3.8, 4) is 0 Å². The van der Waals surface area contributed by atoms with Gasteiger partial charge in [0.05, 0.1) is 16.8 Å². The Morgan fingerprint density at radius 2 is 1.70 bits per heavy atom. The highest BCUT2D eigenvalue weighted by atomic mass is 19.1. The van der Waals surface area contributed by atoms with Gasteiger partial charge in [0.1, 0.15) is 0 Å². The molecule has 1 aliphatic rings. The molecule has 2 heterocycles. The van der Waals surface area contributed by atoms with Gasteiger partial charge in [0.25, 0.3) is 0 Å². The molecule has 1 saturated heterocycles. The van der Waals surface area contributed by atoms with Crippen molar-refractivity contribution in [1.29, 1.82) is 0 Å². The third-order valence-electron chi connectivity index (χ3n) is 4.08. The zero-order valence-corrected chi connectivity index (χ0v) is 12.8. The Labute approximate surface area is 119 Å². The van der Waals surface area contributed by atoms with Crippen LogP contribution in [0.4, 0.5) is 4.39 Å². The van der Waals surface area contributed by atoms with Crippen LogP contribution in [0.2, 0.25) is 0 Å². The molecule has 0 aromatic carbocycles. The van der Waals surface area contributed by atoms with E-state index in [-0.39, 0.29) is 5.46 Å². The lowest BCUT2D eigenvalue weighted by atomic mass is 9.78. The van der Waals surface area contributed by atoms with Gasteiger partial charge in [0.15, 0.2) is 0 Å². The average molecular weight is 281 g/mol. The molecule has 0 bridgehead atoms. The van der Waals surface area contributed by atoms with Crippen molar-refractivity contribution in [2.24, 2.45) is 0 Å². The molecule has 0 spiro atoms. The molecule has 1 fully saturated rings. The van der Waals surface area contributed by atoms with E-state index in [1.54, 1.807) is 19.9 Å². The zero-order valence-electron chi connectivity index (χ0n) is 12.8. The van der Waals surface area contributed by atoms with E-state index in [4.69, 9.17) is 9.31 Å². The summed E-state index contributed by atoms with van der Waals surface area (Å²) < 4.78 is 25.6. The number of hydrogen-bond acceptors (Lipinski definition) is 4. The Balaban J connectivity index is 2.40. The van der Waals surface area contributed by atoms with Gasteiger partial charge in [-0.1, -0.05) is 6.07 Å². The van der Waals surface area contributed by atoms with E-state index in [1.165, 1.54) is 6.20 Å². The topological polar surface area (TPSA) is 51.6 Å². The second kappa shape index (κ2) is 4.51. The second-order valence-corrected chi connectivity index (χ2v) is 6.75. The monoisotopic (exact) mass is 281 g/mol. The van der Waals surface area contributed by atoms with Crippen LogP contribution in [0.15, 0.2) is 12.3 Å². The molecule has 6 heteroatoms. The van der Waals surface area contributed by atoms with Gasteiger partial charge in [-0.2, -0.15) is 4.39 Å². The minimum Gasteiger partial charge on any atom is -0.399 e. The molecule has 0 amide bonds. The van der Waals surface area contributed by atoms with E-state index < -0.39 is 29.9 Å². The Hall–Kier alpha value is -0.975. The molecule has 0 radical (unpaired) electrons. The van der Waals surface area contributed by atoms with Crippen LogP contribution in [0, 0.1) is 5.95 Å². The highest BCUT2D eigenvalue weighted by molar-refractivity contribution is 6.62. The van der Waals surface area contributed by atoms with E-state index in [0.29, 0.717) is 5.56 Å². The predicted octanol–water partition coefficient (Wildman–Crippen LogP) is 1.75. The van der Waals surface area contributed by atoms with E-state index >= 15 is 0 Å². The van der Waals surface area contributed by atoms with Gasteiger partial charge < -0.3 is 14.4 Å². The molecular formula is C14H21BFNO3. The van der Waals surface area contributed by atoms with Crippen LogP contribution in [0.25, 0.3) is 0 Å². The molecule has 0 atom stereocenters. The number of aromatic nitrogens is 1. The van der Waals surface area contributed by atoms with E-state index in [9.17, 15) is 9.50 Å². The molecule has 4 nitrogen and oxygen atoms in total. The molecule has 0 aliphatic carbocycles. The first-order chi connectivity index (χ1) is 8.94. The highest BCUT2D eigenvalue weighted by Crippen LogP contribution is 2.36. The largest absolute Gasteiger partial charge is 0.499 e. The second-order valence-electron chi connectivity index (χ2n) is 6.75. The summed E-state index contributed by atoms with van der Waals surface area (Å²) in [7, 11) is -0.824. The molecule has 1 aromatic rings. The summed E-state index contributed by atoms with van der Waals surface area (Å²) in [6.45, 7) is 10.8. The SMILES string of the molecule is CC(C)(O)c1cnc(F)c(B2OC(C)(C)C(C)(C)O2)c1. The molecule has 1 N–H and O–H groups in total. The van der Waals surface area contributed by atoms with Crippen molar-refractivity contribution in [3.05, 3.63) is 23.8 Å². The van der Waals surface area contributed by atoms with Gasteiger partial charge in [-0.05, 0) is 41.5 Å². The van der Waals surface area contributed by atoms with Gasteiger partial charge in [0.2, 0.25) is 5.95 Å². The Morgan fingerprint density at radius 1 is 1.20 bits per heavy atom. The van der Waals surface area contributed by atoms with Gasteiger partial charge in [-0.25, -0.2) is 4.98 Å². The zero-order chi connectivity index (χ0) is 15.3. The fourth-order valence-electron chi connectivity index (χ4n) is 1.93. The maximum absolute atomic E-state index is 14.0. The molecule has 2 rings (SSSR count). The van der Waals surface area contributed by atoms with Crippen molar-refractivity contribution in [1.82, 2.24) is 4.98 Å². The maximum Gasteiger partial charge on any atom is 0.499 e. The number of nitrogens with zero attached hydrogens (tertiary/aromatic N) is 1. The van der Waals surface area contributed by atoms with Gasteiger partial charge >= 0.3 is 7.12 Å². The van der Waals surface area contributed by atoms with Crippen molar-refractivity contribution < 1.29 is 18.8 Å². The molecule has 110 valence electrons. The van der Waals surface area contributed by atoms with Crippen molar-refractivity contribution >= 4 is 12.6 Å². The smallest absolute Gasteiger partial charge is 0.399 e. The third-order valence-corrected chi connectivity index (χ3v) is 4.08. The minimum absolute atomic E-state index is 0.211. The van der Waals surface area contributed by atoms with Crippen LogP contribution in [0.1, 0.15) is 47.1 Å². The summed E-state index contributed by atoms with van der Waals surface area (Å²) in [5, 5.41) is 10.0. The summed E-state index contributed by atoms with van der Waals surface area (Å²) >= 11 is 0. The normalized spacial score (nSPS) is 21.3. The lowest BCUT2D eigenvalue weighted by Crippen LogP contribution is -2.41. The van der Waals surface area contributed by atoms with Gasteiger partial charge in [-0.3, -0.25) is 0 Å². The van der Waals surface area contributed by atoms with Crippen molar-refractivity contribution in [2.45, 2.75) is 58.3 Å². The number of rotatable bonds is 2. The molecule has 1 aliphatic heterocycles. The van der Waals surface area contributed by atoms with E-state index in [2.05, 4.69) is 4.98 Å². The number of pyridine rings is 1. The van der Waals surface area contributed by atoms with Crippen molar-refractivity contribution in [2.75, 3.05) is 0 Å². The lowest BCUT2D eigenvalue weighted by Gasteiger charge is -2.32. The van der Waals surface area contributed by atoms with E-state index in [1.807, 2.05) is 27.7 Å². The lowest BCUT2D eigenvalue weighted by molar-refractivity contribution is 0.00578. The molecule has 0 saturated carbocycles. The Morgan fingerprint density at radius 3 is 2.15 bits per heavy atom. The highest BCUT2D eigenvalue weighted by Gasteiger charge is 2.52. The van der Waals surface area contributed by atoms with Gasteiger partial charge in [0, 0.05) is 17.2 Å². The maximum atomic E-state index is 14.0. The number of aliphatic hydroxyl groups is 1. The van der Waals surface area contributed by atoms with Crippen molar-refractivity contribution in [3.63, 3.8) is 0 Å². The summed E-state index contributed by atoms with van der Waals surface area (Å²) in [6.07, 6.45) is 1.32. The number of halogens is 1. The van der Waals surface area contributed by atoms with Crippen LogP contribution in [-0.4, -0.2) is 28.4 Å². The van der Waals surface area contributed by atoms with E-state index in [0.717, 1.165) is 0 Å². The minimum atomic E-state index is -1.10. The Kier molecular flexibility index (Phi) is 3.48. The van der Waals surface area contributed by atoms with Gasteiger partial charge in [-0.15, -0.1) is 0 Å². The first-order valence-electron chi connectivity index (χ1n) is 6.68. The summed E-state index contributed by atoms with van der Waals surface area (Å²) in [5.41, 5.74) is -1.46. The molecule has 0 unspecified atom stereocenters.